The number of carbonyl (C=O) groups is 1. The summed E-state index contributed by atoms with van der Waals surface area (Å²) in [6.07, 6.45) is 8.54. The number of nitrogens with two attached hydrogens (primary N) is 1. The molecule has 40 heavy (non-hydrogen) atoms. The summed E-state index contributed by atoms with van der Waals surface area (Å²) in [5.74, 6) is -1.92. The van der Waals surface area contributed by atoms with Crippen LogP contribution in [0.1, 0.15) is 72.1 Å². The first kappa shape index (κ1) is 28.0. The normalized spacial score (nSPS) is 20.6. The second-order valence-electron chi connectivity index (χ2n) is 10.7. The van der Waals surface area contributed by atoms with Gasteiger partial charge < -0.3 is 20.9 Å². The maximum atomic E-state index is 15.5. The van der Waals surface area contributed by atoms with Crippen LogP contribution in [-0.4, -0.2) is 40.2 Å². The van der Waals surface area contributed by atoms with E-state index in [4.69, 9.17) is 10.5 Å². The Kier molecular flexibility index (Phi) is 8.07. The molecular weight excluding hydrogens is 514 g/mol. The Balaban J connectivity index is 1.43. The third kappa shape index (κ3) is 5.68. The van der Waals surface area contributed by atoms with Crippen molar-refractivity contribution in [1.82, 2.24) is 9.97 Å². The van der Waals surface area contributed by atoms with Crippen LogP contribution in [0.25, 0.3) is 11.3 Å². The van der Waals surface area contributed by atoms with Gasteiger partial charge in [-0.05, 0) is 73.1 Å². The number of benzene rings is 1. The van der Waals surface area contributed by atoms with Crippen LogP contribution in [0.5, 0.6) is 0 Å². The molecule has 0 saturated carbocycles. The standard InChI is InChI=1S/C31H34F2N4O3/c1-3-19-13-20(15-22(34)14-19)23-6-9-35-17-27(23)37-30(38)26-5-4-24(32)29(36-26)28-18(2)12-21(16-25(28)33)31(39)7-10-40-11-8-31/h4-6,9,12,14,16-17,20,22,39H,3,7-8,10-11,13,15,34H2,1-2H3,(H,37,38). The van der Waals surface area contributed by atoms with Gasteiger partial charge in [0.25, 0.3) is 5.91 Å². The first-order valence-electron chi connectivity index (χ1n) is 13.7. The fourth-order valence-electron chi connectivity index (χ4n) is 5.77. The molecule has 1 fully saturated rings. The second-order valence-corrected chi connectivity index (χ2v) is 10.7. The van der Waals surface area contributed by atoms with E-state index in [1.807, 2.05) is 6.07 Å². The molecular formula is C31H34F2N4O3. The molecule has 1 amide bonds. The Bertz CT molecular complexity index is 1430. The van der Waals surface area contributed by atoms with Crippen molar-refractivity contribution in [2.75, 3.05) is 18.5 Å². The lowest BCUT2D eigenvalue weighted by Gasteiger charge is -2.33. The van der Waals surface area contributed by atoms with Crippen LogP contribution in [0.15, 0.2) is 54.4 Å². The van der Waals surface area contributed by atoms with Gasteiger partial charge in [0.1, 0.15) is 23.0 Å². The summed E-state index contributed by atoms with van der Waals surface area (Å²) >= 11 is 0. The number of allylic oxidation sites excluding steroid dienone is 1. The van der Waals surface area contributed by atoms with E-state index in [1.165, 1.54) is 17.7 Å². The minimum absolute atomic E-state index is 0.0521. The number of hydrogen-bond acceptors (Lipinski definition) is 6. The van der Waals surface area contributed by atoms with Gasteiger partial charge >= 0.3 is 0 Å². The van der Waals surface area contributed by atoms with Crippen molar-refractivity contribution < 1.29 is 23.4 Å². The molecule has 0 bridgehead atoms. The summed E-state index contributed by atoms with van der Waals surface area (Å²) in [5.41, 5.74) is 8.21. The van der Waals surface area contributed by atoms with Crippen LogP contribution in [0.3, 0.4) is 0 Å². The molecule has 2 aromatic heterocycles. The zero-order valence-corrected chi connectivity index (χ0v) is 22.7. The number of halogens is 2. The summed E-state index contributed by atoms with van der Waals surface area (Å²) in [6.45, 7) is 4.47. The molecule has 3 aromatic rings. The first-order valence-corrected chi connectivity index (χ1v) is 13.7. The lowest BCUT2D eigenvalue weighted by molar-refractivity contribution is -0.0680. The smallest absolute Gasteiger partial charge is 0.274 e. The zero-order valence-electron chi connectivity index (χ0n) is 22.7. The number of anilines is 1. The van der Waals surface area contributed by atoms with Gasteiger partial charge in [-0.25, -0.2) is 13.8 Å². The molecule has 2 aliphatic rings. The van der Waals surface area contributed by atoms with Crippen molar-refractivity contribution in [2.24, 2.45) is 5.73 Å². The van der Waals surface area contributed by atoms with E-state index in [9.17, 15) is 14.3 Å². The van der Waals surface area contributed by atoms with E-state index >= 15 is 4.39 Å². The van der Waals surface area contributed by atoms with Crippen molar-refractivity contribution in [3.63, 3.8) is 0 Å². The van der Waals surface area contributed by atoms with E-state index in [-0.39, 0.29) is 28.9 Å². The third-order valence-electron chi connectivity index (χ3n) is 7.97. The summed E-state index contributed by atoms with van der Waals surface area (Å²) in [4.78, 5) is 21.7. The lowest BCUT2D eigenvalue weighted by Crippen LogP contribution is -2.33. The molecule has 5 rings (SSSR count). The van der Waals surface area contributed by atoms with Gasteiger partial charge in [0.15, 0.2) is 0 Å². The number of carbonyl (C=O) groups excluding carboxylic acids is 1. The Labute approximate surface area is 232 Å². The van der Waals surface area contributed by atoms with Crippen molar-refractivity contribution in [3.05, 3.63) is 88.4 Å². The molecule has 1 aromatic carbocycles. The summed E-state index contributed by atoms with van der Waals surface area (Å²) in [5, 5.41) is 13.9. The van der Waals surface area contributed by atoms with Crippen LogP contribution in [-0.2, 0) is 10.3 Å². The third-order valence-corrected chi connectivity index (χ3v) is 7.97. The van der Waals surface area contributed by atoms with E-state index in [0.29, 0.717) is 42.9 Å². The molecule has 1 aliphatic heterocycles. The number of ether oxygens (including phenoxy) is 1. The highest BCUT2D eigenvalue weighted by Crippen LogP contribution is 2.38. The predicted molar refractivity (Wildman–Crippen MR) is 149 cm³/mol. The highest BCUT2D eigenvalue weighted by molar-refractivity contribution is 6.03. The van der Waals surface area contributed by atoms with Gasteiger partial charge in [0.05, 0.1) is 17.5 Å². The molecule has 1 aliphatic carbocycles. The van der Waals surface area contributed by atoms with Gasteiger partial charge in [0.2, 0.25) is 0 Å². The molecule has 1 saturated heterocycles. The molecule has 3 heterocycles. The number of pyridine rings is 2. The van der Waals surface area contributed by atoms with Crippen LogP contribution in [0.4, 0.5) is 14.5 Å². The van der Waals surface area contributed by atoms with Gasteiger partial charge in [0, 0.05) is 43.9 Å². The van der Waals surface area contributed by atoms with Crippen LogP contribution >= 0.6 is 0 Å². The number of aryl methyl sites for hydroxylation is 1. The minimum Gasteiger partial charge on any atom is -0.385 e. The summed E-state index contributed by atoms with van der Waals surface area (Å²) in [6, 6.07) is 7.05. The number of amides is 1. The molecule has 2 unspecified atom stereocenters. The molecule has 7 nitrogen and oxygen atoms in total. The lowest BCUT2D eigenvalue weighted by atomic mass is 9.81. The predicted octanol–water partition coefficient (Wildman–Crippen LogP) is 5.52. The topological polar surface area (TPSA) is 110 Å². The number of nitrogens with zero attached hydrogens (tertiary/aromatic N) is 2. The molecule has 2 atom stereocenters. The number of hydrogen-bond donors (Lipinski definition) is 3. The van der Waals surface area contributed by atoms with Gasteiger partial charge in [-0.2, -0.15) is 0 Å². The molecule has 4 N–H and O–H groups in total. The van der Waals surface area contributed by atoms with E-state index in [1.54, 1.807) is 25.4 Å². The summed E-state index contributed by atoms with van der Waals surface area (Å²) < 4.78 is 35.8. The van der Waals surface area contributed by atoms with Gasteiger partial charge in [-0.15, -0.1) is 0 Å². The Morgan fingerprint density at radius 1 is 1.20 bits per heavy atom. The largest absolute Gasteiger partial charge is 0.385 e. The Hall–Kier alpha value is -3.53. The summed E-state index contributed by atoms with van der Waals surface area (Å²) in [7, 11) is 0. The van der Waals surface area contributed by atoms with E-state index in [0.717, 1.165) is 30.9 Å². The molecule has 210 valence electrons. The maximum absolute atomic E-state index is 15.5. The molecule has 0 radical (unpaired) electrons. The molecule has 0 spiro atoms. The number of aliphatic hydroxyl groups is 1. The quantitative estimate of drug-likeness (QED) is 0.350. The fraction of sp³-hybridized carbons (Fsp3) is 0.387. The van der Waals surface area contributed by atoms with Crippen molar-refractivity contribution in [1.29, 1.82) is 0 Å². The van der Waals surface area contributed by atoms with Gasteiger partial charge in [-0.1, -0.05) is 24.6 Å². The van der Waals surface area contributed by atoms with E-state index < -0.39 is 23.1 Å². The number of aromatic nitrogens is 2. The fourth-order valence-corrected chi connectivity index (χ4v) is 5.77. The average Bonchev–Trinajstić information content (AvgIpc) is 2.94. The van der Waals surface area contributed by atoms with Crippen LogP contribution in [0.2, 0.25) is 0 Å². The Morgan fingerprint density at radius 2 is 1.98 bits per heavy atom. The first-order chi connectivity index (χ1) is 19.2. The van der Waals surface area contributed by atoms with Crippen molar-refractivity contribution >= 4 is 11.6 Å². The van der Waals surface area contributed by atoms with Gasteiger partial charge in [-0.3, -0.25) is 9.78 Å². The minimum atomic E-state index is -1.21. The monoisotopic (exact) mass is 548 g/mol. The van der Waals surface area contributed by atoms with Crippen molar-refractivity contribution in [3.8, 4) is 11.3 Å². The SMILES string of the molecule is CCC1=CC(N)CC(c2ccncc2NC(=O)c2ccc(F)c(-c3c(C)cc(C4(O)CCOCC4)cc3F)n2)C1. The van der Waals surface area contributed by atoms with Crippen LogP contribution < -0.4 is 11.1 Å². The Morgan fingerprint density at radius 3 is 2.70 bits per heavy atom. The average molecular weight is 549 g/mol. The molecule has 9 heteroatoms. The number of nitrogens with one attached hydrogen (secondary N) is 1. The van der Waals surface area contributed by atoms with E-state index in [2.05, 4.69) is 28.3 Å². The van der Waals surface area contributed by atoms with Crippen molar-refractivity contribution in [2.45, 2.75) is 63.5 Å². The zero-order chi connectivity index (χ0) is 28.4. The maximum Gasteiger partial charge on any atom is 0.274 e. The number of rotatable bonds is 6. The second kappa shape index (κ2) is 11.5. The highest BCUT2D eigenvalue weighted by Gasteiger charge is 2.33. The van der Waals surface area contributed by atoms with Crippen LogP contribution in [0, 0.1) is 18.6 Å². The highest BCUT2D eigenvalue weighted by atomic mass is 19.1.